The van der Waals surface area contributed by atoms with Gasteiger partial charge in [-0.1, -0.05) is 87.0 Å². The van der Waals surface area contributed by atoms with Gasteiger partial charge in [-0.15, -0.1) is 0 Å². The molecule has 0 spiro atoms. The third-order valence-corrected chi connectivity index (χ3v) is 5.39. The third-order valence-electron chi connectivity index (χ3n) is 5.14. The maximum absolute atomic E-state index is 6.00. The van der Waals surface area contributed by atoms with Crippen LogP contribution in [0.5, 0.6) is 0 Å². The number of hydrogen-bond donors (Lipinski definition) is 0. The fraction of sp³-hybridized carbons (Fsp3) is 0.192. The van der Waals surface area contributed by atoms with E-state index in [0.717, 1.165) is 34.0 Å². The molecule has 0 bridgehead atoms. The molecular formula is C26H25ClN2. The number of fused-ring (bicyclic) bond motifs is 1. The van der Waals surface area contributed by atoms with Crippen LogP contribution in [0.25, 0.3) is 23.2 Å². The van der Waals surface area contributed by atoms with Crippen LogP contribution in [0.15, 0.2) is 72.8 Å². The first-order valence-electron chi connectivity index (χ1n) is 9.88. The zero-order chi connectivity index (χ0) is 20.4. The van der Waals surface area contributed by atoms with Crippen molar-refractivity contribution in [3.8, 4) is 0 Å². The van der Waals surface area contributed by atoms with Crippen molar-refractivity contribution in [3.05, 3.63) is 100 Å². The normalized spacial score (nSPS) is 12.1. The van der Waals surface area contributed by atoms with Gasteiger partial charge in [-0.25, -0.2) is 4.98 Å². The average molecular weight is 401 g/mol. The maximum atomic E-state index is 6.00. The van der Waals surface area contributed by atoms with E-state index >= 15 is 0 Å². The molecule has 0 unspecified atom stereocenters. The predicted octanol–water partition coefficient (Wildman–Crippen LogP) is 7.21. The smallest absolute Gasteiger partial charge is 0.134 e. The Hall–Kier alpha value is -2.84. The second kappa shape index (κ2) is 7.88. The molecule has 0 N–H and O–H groups in total. The van der Waals surface area contributed by atoms with Crippen LogP contribution >= 0.6 is 11.6 Å². The summed E-state index contributed by atoms with van der Waals surface area (Å²) in [5.41, 5.74) is 6.02. The summed E-state index contributed by atoms with van der Waals surface area (Å²) < 4.78 is 2.27. The standard InChI is InChI=1S/C26H25ClN2/c1-26(2,3)21-13-8-20(9-14-21)18-29-24-7-5-4-6-23(24)28-25(29)17-12-19-10-15-22(27)16-11-19/h4-17H,18H2,1-3H3/b17-12+. The molecule has 0 aliphatic carbocycles. The molecule has 4 rings (SSSR count). The van der Waals surface area contributed by atoms with Crippen molar-refractivity contribution in [2.75, 3.05) is 0 Å². The first-order chi connectivity index (χ1) is 13.9. The van der Waals surface area contributed by atoms with Gasteiger partial charge in [-0.2, -0.15) is 0 Å². The Balaban J connectivity index is 1.69. The van der Waals surface area contributed by atoms with E-state index in [0.29, 0.717) is 0 Å². The molecule has 3 aromatic carbocycles. The number of aromatic nitrogens is 2. The van der Waals surface area contributed by atoms with Crippen molar-refractivity contribution in [3.63, 3.8) is 0 Å². The van der Waals surface area contributed by atoms with Gasteiger partial charge in [0.2, 0.25) is 0 Å². The Morgan fingerprint density at radius 3 is 2.24 bits per heavy atom. The van der Waals surface area contributed by atoms with Crippen LogP contribution in [0.2, 0.25) is 5.02 Å². The van der Waals surface area contributed by atoms with Crippen LogP contribution in [0.1, 0.15) is 43.3 Å². The molecule has 0 aliphatic heterocycles. The largest absolute Gasteiger partial charge is 0.320 e. The molecule has 0 amide bonds. The van der Waals surface area contributed by atoms with E-state index < -0.39 is 0 Å². The minimum absolute atomic E-state index is 0.159. The third kappa shape index (κ3) is 4.44. The maximum Gasteiger partial charge on any atom is 0.134 e. The van der Waals surface area contributed by atoms with Crippen molar-refractivity contribution < 1.29 is 0 Å². The number of benzene rings is 3. The van der Waals surface area contributed by atoms with Gasteiger partial charge in [0.1, 0.15) is 5.82 Å². The summed E-state index contributed by atoms with van der Waals surface area (Å²) >= 11 is 6.00. The van der Waals surface area contributed by atoms with E-state index in [1.54, 1.807) is 0 Å². The molecule has 0 atom stereocenters. The summed E-state index contributed by atoms with van der Waals surface area (Å²) in [5.74, 6) is 0.945. The highest BCUT2D eigenvalue weighted by molar-refractivity contribution is 6.30. The average Bonchev–Trinajstić information content (AvgIpc) is 3.05. The Kier molecular flexibility index (Phi) is 5.29. The van der Waals surface area contributed by atoms with E-state index in [2.05, 4.69) is 80.0 Å². The van der Waals surface area contributed by atoms with Gasteiger partial charge in [-0.3, -0.25) is 0 Å². The first kappa shape index (κ1) is 19.5. The minimum Gasteiger partial charge on any atom is -0.320 e. The highest BCUT2D eigenvalue weighted by Crippen LogP contribution is 2.24. The lowest BCUT2D eigenvalue weighted by molar-refractivity contribution is 0.590. The van der Waals surface area contributed by atoms with Crippen LogP contribution in [0, 0.1) is 0 Å². The number of rotatable bonds is 4. The molecule has 0 radical (unpaired) electrons. The Bertz CT molecular complexity index is 1140. The summed E-state index contributed by atoms with van der Waals surface area (Å²) in [4.78, 5) is 4.85. The second-order valence-electron chi connectivity index (χ2n) is 8.38. The lowest BCUT2D eigenvalue weighted by Gasteiger charge is -2.19. The molecule has 0 saturated heterocycles. The SMILES string of the molecule is CC(C)(C)c1ccc(Cn2c(/C=C/c3ccc(Cl)cc3)nc3ccccc32)cc1. The van der Waals surface area contributed by atoms with E-state index in [1.807, 2.05) is 30.3 Å². The van der Waals surface area contributed by atoms with Crippen molar-refractivity contribution >= 4 is 34.8 Å². The zero-order valence-corrected chi connectivity index (χ0v) is 17.8. The lowest BCUT2D eigenvalue weighted by atomic mass is 9.87. The minimum atomic E-state index is 0.159. The number of para-hydroxylation sites is 2. The molecular weight excluding hydrogens is 376 g/mol. The molecule has 4 aromatic rings. The second-order valence-corrected chi connectivity index (χ2v) is 8.81. The first-order valence-corrected chi connectivity index (χ1v) is 10.3. The van der Waals surface area contributed by atoms with Gasteiger partial charge in [0.05, 0.1) is 11.0 Å². The Labute approximate surface area is 177 Å². The molecule has 3 heteroatoms. The highest BCUT2D eigenvalue weighted by Gasteiger charge is 2.14. The van der Waals surface area contributed by atoms with Crippen LogP contribution in [-0.2, 0) is 12.0 Å². The van der Waals surface area contributed by atoms with Crippen LogP contribution in [0.3, 0.4) is 0 Å². The van der Waals surface area contributed by atoms with Gasteiger partial charge < -0.3 is 4.57 Å². The Morgan fingerprint density at radius 1 is 0.862 bits per heavy atom. The van der Waals surface area contributed by atoms with Gasteiger partial charge in [0, 0.05) is 11.6 Å². The van der Waals surface area contributed by atoms with Gasteiger partial charge in [-0.05, 0) is 52.4 Å². The summed E-state index contributed by atoms with van der Waals surface area (Å²) in [7, 11) is 0. The van der Waals surface area contributed by atoms with E-state index in [4.69, 9.17) is 16.6 Å². The van der Waals surface area contributed by atoms with Crippen molar-refractivity contribution in [1.82, 2.24) is 9.55 Å². The fourth-order valence-corrected chi connectivity index (χ4v) is 3.55. The topological polar surface area (TPSA) is 17.8 Å². The van der Waals surface area contributed by atoms with Crippen LogP contribution in [-0.4, -0.2) is 9.55 Å². The number of halogens is 1. The van der Waals surface area contributed by atoms with Gasteiger partial charge >= 0.3 is 0 Å². The molecule has 2 nitrogen and oxygen atoms in total. The van der Waals surface area contributed by atoms with Crippen molar-refractivity contribution in [2.45, 2.75) is 32.7 Å². The van der Waals surface area contributed by atoms with Crippen LogP contribution in [0.4, 0.5) is 0 Å². The molecule has 1 heterocycles. The Morgan fingerprint density at radius 2 is 1.55 bits per heavy atom. The monoisotopic (exact) mass is 400 g/mol. The van der Waals surface area contributed by atoms with Gasteiger partial charge in [0.15, 0.2) is 0 Å². The number of nitrogens with zero attached hydrogens (tertiary/aromatic N) is 2. The lowest BCUT2D eigenvalue weighted by Crippen LogP contribution is -2.11. The highest BCUT2D eigenvalue weighted by atomic mass is 35.5. The molecule has 1 aromatic heterocycles. The predicted molar refractivity (Wildman–Crippen MR) is 124 cm³/mol. The quantitative estimate of drug-likeness (QED) is 0.354. The van der Waals surface area contributed by atoms with Crippen molar-refractivity contribution in [1.29, 1.82) is 0 Å². The molecule has 29 heavy (non-hydrogen) atoms. The summed E-state index contributed by atoms with van der Waals surface area (Å²) in [5, 5.41) is 0.744. The molecule has 0 saturated carbocycles. The van der Waals surface area contributed by atoms with E-state index in [1.165, 1.54) is 11.1 Å². The summed E-state index contributed by atoms with van der Waals surface area (Å²) in [6.45, 7) is 7.51. The molecule has 0 fully saturated rings. The van der Waals surface area contributed by atoms with E-state index in [-0.39, 0.29) is 5.41 Å². The van der Waals surface area contributed by atoms with Crippen LogP contribution < -0.4 is 0 Å². The van der Waals surface area contributed by atoms with Gasteiger partial charge in [0.25, 0.3) is 0 Å². The number of hydrogen-bond acceptors (Lipinski definition) is 1. The molecule has 0 aliphatic rings. The number of imidazole rings is 1. The molecule has 146 valence electrons. The zero-order valence-electron chi connectivity index (χ0n) is 17.1. The van der Waals surface area contributed by atoms with E-state index in [9.17, 15) is 0 Å². The summed E-state index contributed by atoms with van der Waals surface area (Å²) in [6.07, 6.45) is 4.16. The fourth-order valence-electron chi connectivity index (χ4n) is 3.42. The summed E-state index contributed by atoms with van der Waals surface area (Å²) in [6, 6.07) is 25.0. The van der Waals surface area contributed by atoms with Crippen molar-refractivity contribution in [2.24, 2.45) is 0 Å².